The first kappa shape index (κ1) is 13.6. The van der Waals surface area contributed by atoms with E-state index in [9.17, 15) is 0 Å². The molecule has 1 unspecified atom stereocenters. The highest BCUT2D eigenvalue weighted by Gasteiger charge is 2.15. The van der Waals surface area contributed by atoms with E-state index in [1.165, 1.54) is 5.56 Å². The molecule has 1 aromatic heterocycles. The Hall–Kier alpha value is -1.81. The molecule has 0 fully saturated rings. The van der Waals surface area contributed by atoms with Gasteiger partial charge in [-0.15, -0.1) is 0 Å². The summed E-state index contributed by atoms with van der Waals surface area (Å²) in [5, 5.41) is 4.24. The van der Waals surface area contributed by atoms with Crippen LogP contribution in [0.3, 0.4) is 0 Å². The fourth-order valence-electron chi connectivity index (χ4n) is 2.29. The van der Waals surface area contributed by atoms with Crippen molar-refractivity contribution in [2.75, 3.05) is 7.11 Å². The van der Waals surface area contributed by atoms with Crippen LogP contribution in [0.2, 0.25) is 0 Å². The van der Waals surface area contributed by atoms with Crippen LogP contribution in [-0.4, -0.2) is 16.9 Å². The zero-order valence-electron chi connectivity index (χ0n) is 12.0. The van der Waals surface area contributed by atoms with Crippen LogP contribution < -0.4 is 10.5 Å². The molecule has 0 saturated heterocycles. The molecule has 0 aliphatic rings. The van der Waals surface area contributed by atoms with Crippen LogP contribution in [0.5, 0.6) is 5.75 Å². The molecule has 0 amide bonds. The first-order chi connectivity index (χ1) is 9.02. The number of aryl methyl sites for hydroxylation is 2. The average Bonchev–Trinajstić information content (AvgIpc) is 2.70. The number of hydrogen-bond acceptors (Lipinski definition) is 3. The Bertz CT molecular complexity index is 575. The molecule has 102 valence electrons. The number of methoxy groups -OCH3 is 1. The van der Waals surface area contributed by atoms with Crippen LogP contribution in [-0.2, 0) is 13.5 Å². The van der Waals surface area contributed by atoms with Crippen LogP contribution in [0.4, 0.5) is 0 Å². The van der Waals surface area contributed by atoms with Gasteiger partial charge in [-0.1, -0.05) is 17.7 Å². The summed E-state index contributed by atoms with van der Waals surface area (Å²) in [5.74, 6) is 0.891. The monoisotopic (exact) mass is 259 g/mol. The highest BCUT2D eigenvalue weighted by molar-refractivity contribution is 5.38. The van der Waals surface area contributed by atoms with Gasteiger partial charge in [0.25, 0.3) is 0 Å². The van der Waals surface area contributed by atoms with Crippen LogP contribution >= 0.6 is 0 Å². The van der Waals surface area contributed by atoms with Gasteiger partial charge in [0.15, 0.2) is 0 Å². The second-order valence-electron chi connectivity index (χ2n) is 4.93. The molecule has 0 aliphatic heterocycles. The van der Waals surface area contributed by atoms with E-state index < -0.39 is 0 Å². The molecule has 4 heteroatoms. The molecule has 19 heavy (non-hydrogen) atoms. The van der Waals surface area contributed by atoms with Crippen molar-refractivity contribution in [2.45, 2.75) is 26.3 Å². The number of rotatable bonds is 4. The van der Waals surface area contributed by atoms with Crippen LogP contribution in [0.15, 0.2) is 24.4 Å². The Morgan fingerprint density at radius 1 is 1.37 bits per heavy atom. The van der Waals surface area contributed by atoms with Gasteiger partial charge < -0.3 is 10.5 Å². The maximum Gasteiger partial charge on any atom is 0.122 e. The number of nitrogens with two attached hydrogens (primary N) is 1. The second kappa shape index (κ2) is 5.45. The van der Waals surface area contributed by atoms with Gasteiger partial charge in [0.1, 0.15) is 5.75 Å². The van der Waals surface area contributed by atoms with Crippen molar-refractivity contribution in [1.29, 1.82) is 0 Å². The summed E-state index contributed by atoms with van der Waals surface area (Å²) in [6.07, 6.45) is 2.60. The van der Waals surface area contributed by atoms with E-state index in [1.54, 1.807) is 7.11 Å². The summed E-state index contributed by atoms with van der Waals surface area (Å²) in [6, 6.07) is 6.10. The van der Waals surface area contributed by atoms with Gasteiger partial charge >= 0.3 is 0 Å². The van der Waals surface area contributed by atoms with Crippen molar-refractivity contribution in [3.63, 3.8) is 0 Å². The third-order valence-electron chi connectivity index (χ3n) is 3.55. The predicted octanol–water partition coefficient (Wildman–Crippen LogP) is 2.29. The normalized spacial score (nSPS) is 12.5. The van der Waals surface area contributed by atoms with Gasteiger partial charge in [-0.2, -0.15) is 5.10 Å². The van der Waals surface area contributed by atoms with Gasteiger partial charge in [0.05, 0.1) is 13.3 Å². The van der Waals surface area contributed by atoms with E-state index in [4.69, 9.17) is 10.5 Å². The zero-order valence-corrected chi connectivity index (χ0v) is 12.0. The van der Waals surface area contributed by atoms with Gasteiger partial charge in [-0.05, 0) is 31.9 Å². The Morgan fingerprint density at radius 3 is 2.68 bits per heavy atom. The van der Waals surface area contributed by atoms with Crippen LogP contribution in [0, 0.1) is 13.8 Å². The summed E-state index contributed by atoms with van der Waals surface area (Å²) < 4.78 is 7.25. The van der Waals surface area contributed by atoms with E-state index in [0.29, 0.717) is 0 Å². The molecule has 0 saturated carbocycles. The number of aromatic nitrogens is 2. The lowest BCUT2D eigenvalue weighted by atomic mass is 9.98. The first-order valence-corrected chi connectivity index (χ1v) is 6.40. The molecular weight excluding hydrogens is 238 g/mol. The molecule has 0 radical (unpaired) electrons. The van der Waals surface area contributed by atoms with E-state index in [-0.39, 0.29) is 6.04 Å². The van der Waals surface area contributed by atoms with Crippen molar-refractivity contribution in [2.24, 2.45) is 12.8 Å². The molecule has 0 spiro atoms. The number of ether oxygens (including phenoxy) is 1. The fraction of sp³-hybridized carbons (Fsp3) is 0.400. The third-order valence-corrected chi connectivity index (χ3v) is 3.55. The van der Waals surface area contributed by atoms with E-state index in [0.717, 1.165) is 29.0 Å². The Balaban J connectivity index is 2.26. The highest BCUT2D eigenvalue weighted by Crippen LogP contribution is 2.26. The van der Waals surface area contributed by atoms with Gasteiger partial charge in [-0.25, -0.2) is 0 Å². The maximum absolute atomic E-state index is 6.31. The molecule has 4 nitrogen and oxygen atoms in total. The lowest BCUT2D eigenvalue weighted by Crippen LogP contribution is -2.15. The fourth-order valence-corrected chi connectivity index (χ4v) is 2.29. The average molecular weight is 259 g/mol. The lowest BCUT2D eigenvalue weighted by Gasteiger charge is -2.15. The molecule has 2 rings (SSSR count). The molecule has 2 N–H and O–H groups in total. The SMILES string of the molecule is COc1ccc(C)cc1CC(N)c1cnn(C)c1C. The predicted molar refractivity (Wildman–Crippen MR) is 76.3 cm³/mol. The quantitative estimate of drug-likeness (QED) is 0.916. The van der Waals surface area contributed by atoms with Gasteiger partial charge in [0, 0.05) is 24.3 Å². The minimum absolute atomic E-state index is 0.0654. The van der Waals surface area contributed by atoms with Crippen molar-refractivity contribution in [1.82, 2.24) is 9.78 Å². The van der Waals surface area contributed by atoms with E-state index in [2.05, 4.69) is 18.1 Å². The third kappa shape index (κ3) is 2.79. The van der Waals surface area contributed by atoms with Crippen LogP contribution in [0.1, 0.15) is 28.4 Å². The van der Waals surface area contributed by atoms with E-state index in [1.807, 2.05) is 37.0 Å². The Kier molecular flexibility index (Phi) is 3.90. The lowest BCUT2D eigenvalue weighted by molar-refractivity contribution is 0.408. The van der Waals surface area contributed by atoms with Crippen LogP contribution in [0.25, 0.3) is 0 Å². The minimum atomic E-state index is -0.0654. The first-order valence-electron chi connectivity index (χ1n) is 6.40. The number of hydrogen-bond donors (Lipinski definition) is 1. The molecular formula is C15H21N3O. The summed E-state index contributed by atoms with van der Waals surface area (Å²) in [6.45, 7) is 4.11. The molecule has 2 aromatic rings. The standard InChI is InChI=1S/C15H21N3O/c1-10-5-6-15(19-4)12(7-10)8-14(16)13-9-17-18(3)11(13)2/h5-7,9,14H,8,16H2,1-4H3. The van der Waals surface area contributed by atoms with Crippen molar-refractivity contribution in [3.05, 3.63) is 46.8 Å². The summed E-state index contributed by atoms with van der Waals surface area (Å²) in [5.41, 5.74) is 10.9. The Morgan fingerprint density at radius 2 is 2.11 bits per heavy atom. The number of benzene rings is 1. The smallest absolute Gasteiger partial charge is 0.122 e. The highest BCUT2D eigenvalue weighted by atomic mass is 16.5. The van der Waals surface area contributed by atoms with Crippen molar-refractivity contribution >= 4 is 0 Å². The van der Waals surface area contributed by atoms with Gasteiger partial charge in [0.2, 0.25) is 0 Å². The summed E-state index contributed by atoms with van der Waals surface area (Å²) in [4.78, 5) is 0. The maximum atomic E-state index is 6.31. The van der Waals surface area contributed by atoms with Gasteiger partial charge in [-0.3, -0.25) is 4.68 Å². The minimum Gasteiger partial charge on any atom is -0.496 e. The zero-order chi connectivity index (χ0) is 14.0. The number of nitrogens with zero attached hydrogens (tertiary/aromatic N) is 2. The summed E-state index contributed by atoms with van der Waals surface area (Å²) in [7, 11) is 3.62. The molecule has 1 heterocycles. The Labute approximate surface area is 114 Å². The molecule has 1 aromatic carbocycles. The molecule has 0 bridgehead atoms. The van der Waals surface area contributed by atoms with Crippen molar-refractivity contribution < 1.29 is 4.74 Å². The van der Waals surface area contributed by atoms with E-state index >= 15 is 0 Å². The molecule has 0 aliphatic carbocycles. The summed E-state index contributed by atoms with van der Waals surface area (Å²) >= 11 is 0. The molecule has 1 atom stereocenters. The largest absolute Gasteiger partial charge is 0.496 e. The topological polar surface area (TPSA) is 53.1 Å². The second-order valence-corrected chi connectivity index (χ2v) is 4.93. The van der Waals surface area contributed by atoms with Crippen molar-refractivity contribution in [3.8, 4) is 5.75 Å².